The fourth-order valence-corrected chi connectivity index (χ4v) is 1.91. The Morgan fingerprint density at radius 3 is 2.88 bits per heavy atom. The molecular weight excluding hydrogens is 229 g/mol. The molecule has 1 aliphatic rings. The van der Waals surface area contributed by atoms with Crippen LogP contribution < -0.4 is 11.1 Å². The van der Waals surface area contributed by atoms with Crippen molar-refractivity contribution in [3.63, 3.8) is 0 Å². The number of nitro groups is 1. The summed E-state index contributed by atoms with van der Waals surface area (Å²) < 4.78 is 13.6. The van der Waals surface area contributed by atoms with E-state index in [2.05, 4.69) is 5.32 Å². The number of fused-ring (bicyclic) bond motifs is 1. The summed E-state index contributed by atoms with van der Waals surface area (Å²) in [5.41, 5.74) is 5.54. The summed E-state index contributed by atoms with van der Waals surface area (Å²) in [5, 5.41) is 13.0. The minimum Gasteiger partial charge on any atom is -0.330 e. The van der Waals surface area contributed by atoms with Crippen molar-refractivity contribution in [3.8, 4) is 0 Å². The van der Waals surface area contributed by atoms with Crippen LogP contribution in [-0.4, -0.2) is 17.4 Å². The summed E-state index contributed by atoms with van der Waals surface area (Å²) in [4.78, 5) is 21.2. The van der Waals surface area contributed by atoms with Crippen LogP contribution in [0.15, 0.2) is 12.1 Å². The number of hydrogen-bond donors (Lipinski definition) is 2. The highest BCUT2D eigenvalue weighted by Crippen LogP contribution is 2.36. The third-order valence-electron chi connectivity index (χ3n) is 2.74. The van der Waals surface area contributed by atoms with Gasteiger partial charge in [-0.15, -0.1) is 0 Å². The van der Waals surface area contributed by atoms with E-state index in [4.69, 9.17) is 5.73 Å². The van der Waals surface area contributed by atoms with Crippen LogP contribution in [0, 0.1) is 15.9 Å². The largest absolute Gasteiger partial charge is 0.330 e. The molecule has 6 nitrogen and oxygen atoms in total. The summed E-state index contributed by atoms with van der Waals surface area (Å²) in [5.74, 6) is -1.52. The number of hydrogen-bond acceptors (Lipinski definition) is 4. The normalized spacial score (nSPS) is 18.5. The van der Waals surface area contributed by atoms with Crippen LogP contribution in [-0.2, 0) is 4.79 Å². The molecule has 0 aromatic heterocycles. The average Bonchev–Trinajstić information content (AvgIpc) is 2.28. The Balaban J connectivity index is 2.58. The minimum atomic E-state index is -0.805. The Bertz CT molecular complexity index is 504. The summed E-state index contributed by atoms with van der Waals surface area (Å²) in [6, 6.07) is 2.05. The molecule has 0 bridgehead atoms. The van der Waals surface area contributed by atoms with Crippen LogP contribution in [0.2, 0.25) is 0 Å². The molecule has 1 unspecified atom stereocenters. The number of carbonyl (C=O) groups is 1. The third kappa shape index (κ3) is 1.96. The van der Waals surface area contributed by atoms with Gasteiger partial charge in [-0.05, 0) is 12.1 Å². The topological polar surface area (TPSA) is 98.3 Å². The van der Waals surface area contributed by atoms with Crippen molar-refractivity contribution in [3.05, 3.63) is 33.6 Å². The lowest BCUT2D eigenvalue weighted by Gasteiger charge is -2.24. The standard InChI is InChI=1S/C10H10FN3O3/c11-8-3-6(14(16)17)2-7-5(4-12)1-9(15)13-10(7)8/h2-3,5H,1,4,12H2,(H,13,15). The van der Waals surface area contributed by atoms with Crippen LogP contribution in [0.5, 0.6) is 0 Å². The van der Waals surface area contributed by atoms with E-state index in [0.717, 1.165) is 6.07 Å². The van der Waals surface area contributed by atoms with Crippen molar-refractivity contribution in [1.82, 2.24) is 0 Å². The van der Waals surface area contributed by atoms with Crippen molar-refractivity contribution in [2.24, 2.45) is 5.73 Å². The van der Waals surface area contributed by atoms with Gasteiger partial charge in [0.15, 0.2) is 5.82 Å². The number of non-ortho nitro benzene ring substituents is 1. The Morgan fingerprint density at radius 2 is 2.29 bits per heavy atom. The SMILES string of the molecule is NCC1CC(=O)Nc2c(F)cc([N+](=O)[O-])cc21. The quantitative estimate of drug-likeness (QED) is 0.596. The molecule has 0 aliphatic carbocycles. The number of amides is 1. The Morgan fingerprint density at radius 1 is 1.59 bits per heavy atom. The molecule has 0 radical (unpaired) electrons. The zero-order valence-corrected chi connectivity index (χ0v) is 8.77. The molecule has 0 fully saturated rings. The number of nitrogens with zero attached hydrogens (tertiary/aromatic N) is 1. The fourth-order valence-electron chi connectivity index (χ4n) is 1.91. The molecule has 1 aromatic rings. The molecule has 17 heavy (non-hydrogen) atoms. The van der Waals surface area contributed by atoms with Gasteiger partial charge in [0.05, 0.1) is 16.7 Å². The minimum absolute atomic E-state index is 0.00213. The van der Waals surface area contributed by atoms with Crippen molar-refractivity contribution >= 4 is 17.3 Å². The van der Waals surface area contributed by atoms with Gasteiger partial charge in [-0.1, -0.05) is 0 Å². The first-order valence-electron chi connectivity index (χ1n) is 5.00. The second-order valence-electron chi connectivity index (χ2n) is 3.83. The van der Waals surface area contributed by atoms with Crippen molar-refractivity contribution in [1.29, 1.82) is 0 Å². The van der Waals surface area contributed by atoms with Gasteiger partial charge in [-0.25, -0.2) is 4.39 Å². The summed E-state index contributed by atoms with van der Waals surface area (Å²) in [6.07, 6.45) is 0.115. The molecule has 1 amide bonds. The summed E-state index contributed by atoms with van der Waals surface area (Å²) in [6.45, 7) is 0.140. The van der Waals surface area contributed by atoms with E-state index in [9.17, 15) is 19.3 Å². The van der Waals surface area contributed by atoms with Crippen LogP contribution in [0.1, 0.15) is 17.9 Å². The predicted octanol–water partition coefficient (Wildman–Crippen LogP) is 1.12. The van der Waals surface area contributed by atoms with Crippen molar-refractivity contribution in [2.45, 2.75) is 12.3 Å². The number of carbonyl (C=O) groups excluding carboxylic acids is 1. The van der Waals surface area contributed by atoms with Crippen LogP contribution in [0.3, 0.4) is 0 Å². The van der Waals surface area contributed by atoms with E-state index in [1.165, 1.54) is 6.07 Å². The van der Waals surface area contributed by atoms with Crippen molar-refractivity contribution < 1.29 is 14.1 Å². The highest BCUT2D eigenvalue weighted by atomic mass is 19.1. The molecule has 0 saturated heterocycles. The van der Waals surface area contributed by atoms with Gasteiger partial charge < -0.3 is 11.1 Å². The van der Waals surface area contributed by atoms with E-state index in [1.807, 2.05) is 0 Å². The van der Waals surface area contributed by atoms with Crippen molar-refractivity contribution in [2.75, 3.05) is 11.9 Å². The molecular formula is C10H10FN3O3. The zero-order chi connectivity index (χ0) is 12.6. The van der Waals surface area contributed by atoms with Crippen LogP contribution in [0.4, 0.5) is 15.8 Å². The molecule has 1 aliphatic heterocycles. The Labute approximate surface area is 95.8 Å². The van der Waals surface area contributed by atoms with Crippen LogP contribution >= 0.6 is 0 Å². The molecule has 0 spiro atoms. The van der Waals surface area contributed by atoms with Gasteiger partial charge in [0.2, 0.25) is 5.91 Å². The maximum atomic E-state index is 13.6. The number of halogens is 1. The number of rotatable bonds is 2. The highest BCUT2D eigenvalue weighted by Gasteiger charge is 2.29. The van der Waals surface area contributed by atoms with Crippen LogP contribution in [0.25, 0.3) is 0 Å². The Hall–Kier alpha value is -2.02. The number of benzene rings is 1. The summed E-state index contributed by atoms with van der Waals surface area (Å²) >= 11 is 0. The van der Waals surface area contributed by atoms with E-state index >= 15 is 0 Å². The first kappa shape index (κ1) is 11.5. The van der Waals surface area contributed by atoms with Gasteiger partial charge >= 0.3 is 0 Å². The second-order valence-corrected chi connectivity index (χ2v) is 3.83. The fraction of sp³-hybridized carbons (Fsp3) is 0.300. The molecule has 2 rings (SSSR count). The number of nitro benzene ring substituents is 1. The predicted molar refractivity (Wildman–Crippen MR) is 58.1 cm³/mol. The number of nitrogens with one attached hydrogen (secondary N) is 1. The smallest absolute Gasteiger partial charge is 0.272 e. The first-order valence-corrected chi connectivity index (χ1v) is 5.00. The van der Waals surface area contributed by atoms with E-state index < -0.39 is 10.7 Å². The van der Waals surface area contributed by atoms with E-state index in [-0.39, 0.29) is 36.2 Å². The molecule has 3 N–H and O–H groups in total. The highest BCUT2D eigenvalue weighted by molar-refractivity contribution is 5.95. The molecule has 1 atom stereocenters. The molecule has 7 heteroatoms. The van der Waals surface area contributed by atoms with Gasteiger partial charge in [0.1, 0.15) is 0 Å². The zero-order valence-electron chi connectivity index (χ0n) is 8.77. The summed E-state index contributed by atoms with van der Waals surface area (Å²) in [7, 11) is 0. The van der Waals surface area contributed by atoms with E-state index in [0.29, 0.717) is 5.56 Å². The molecule has 0 saturated carbocycles. The monoisotopic (exact) mass is 239 g/mol. The molecule has 1 aromatic carbocycles. The van der Waals surface area contributed by atoms with Gasteiger partial charge in [0.25, 0.3) is 5.69 Å². The Kier molecular flexibility index (Phi) is 2.76. The maximum absolute atomic E-state index is 13.6. The molecule has 1 heterocycles. The van der Waals surface area contributed by atoms with E-state index in [1.54, 1.807) is 0 Å². The first-order chi connectivity index (χ1) is 8.02. The van der Waals surface area contributed by atoms with Gasteiger partial charge in [-0.3, -0.25) is 14.9 Å². The lowest BCUT2D eigenvalue weighted by molar-refractivity contribution is -0.385. The molecule has 90 valence electrons. The number of nitrogens with two attached hydrogens (primary N) is 1. The van der Waals surface area contributed by atoms with Gasteiger partial charge in [0, 0.05) is 18.4 Å². The number of anilines is 1. The average molecular weight is 239 g/mol. The maximum Gasteiger partial charge on any atom is 0.272 e. The lowest BCUT2D eigenvalue weighted by Crippen LogP contribution is -2.28. The second kappa shape index (κ2) is 4.10. The third-order valence-corrected chi connectivity index (χ3v) is 2.74. The lowest BCUT2D eigenvalue weighted by atomic mass is 9.90. The van der Waals surface area contributed by atoms with Gasteiger partial charge in [-0.2, -0.15) is 0 Å².